The van der Waals surface area contributed by atoms with Crippen molar-refractivity contribution in [3.8, 4) is 0 Å². The summed E-state index contributed by atoms with van der Waals surface area (Å²) >= 11 is 3.62. The van der Waals surface area contributed by atoms with Crippen molar-refractivity contribution in [3.05, 3.63) is 21.9 Å². The third-order valence-corrected chi connectivity index (χ3v) is 5.51. The SMILES string of the molecule is CC1c2ccsc2CCN1C(=O)C1CSCN1. The molecule has 2 unspecified atom stereocenters. The third kappa shape index (κ3) is 2.00. The van der Waals surface area contributed by atoms with E-state index in [1.54, 1.807) is 11.8 Å². The van der Waals surface area contributed by atoms with Crippen LogP contribution in [-0.2, 0) is 11.2 Å². The van der Waals surface area contributed by atoms with Crippen LogP contribution >= 0.6 is 23.1 Å². The van der Waals surface area contributed by atoms with Crippen molar-refractivity contribution in [2.75, 3.05) is 18.2 Å². The molecule has 1 amide bonds. The van der Waals surface area contributed by atoms with Crippen molar-refractivity contribution in [2.45, 2.75) is 25.4 Å². The van der Waals surface area contributed by atoms with E-state index in [-0.39, 0.29) is 18.0 Å². The van der Waals surface area contributed by atoms with Crippen LogP contribution in [0.15, 0.2) is 11.4 Å². The maximum absolute atomic E-state index is 12.4. The van der Waals surface area contributed by atoms with E-state index < -0.39 is 0 Å². The van der Waals surface area contributed by atoms with Gasteiger partial charge in [-0.15, -0.1) is 23.1 Å². The Hall–Kier alpha value is -0.520. The predicted octanol–water partition coefficient (Wildman–Crippen LogP) is 1.86. The predicted molar refractivity (Wildman–Crippen MR) is 72.4 cm³/mol. The van der Waals surface area contributed by atoms with E-state index in [9.17, 15) is 4.79 Å². The lowest BCUT2D eigenvalue weighted by Gasteiger charge is -2.35. The Labute approximate surface area is 110 Å². The molecule has 0 spiro atoms. The van der Waals surface area contributed by atoms with Crippen LogP contribution in [-0.4, -0.2) is 35.0 Å². The lowest BCUT2D eigenvalue weighted by molar-refractivity contribution is -0.135. The molecule has 2 atom stereocenters. The molecule has 1 fully saturated rings. The van der Waals surface area contributed by atoms with Crippen molar-refractivity contribution in [1.82, 2.24) is 10.2 Å². The topological polar surface area (TPSA) is 32.3 Å². The van der Waals surface area contributed by atoms with Crippen molar-refractivity contribution in [2.24, 2.45) is 0 Å². The first-order valence-corrected chi connectivity index (χ1v) is 7.98. The monoisotopic (exact) mass is 268 g/mol. The molecule has 0 radical (unpaired) electrons. The number of thiophene rings is 1. The van der Waals surface area contributed by atoms with Gasteiger partial charge in [-0.2, -0.15) is 0 Å². The Balaban J connectivity index is 1.79. The molecular formula is C12H16N2OS2. The number of hydrogen-bond donors (Lipinski definition) is 1. The normalized spacial score (nSPS) is 28.2. The van der Waals surface area contributed by atoms with Crippen LogP contribution in [0.1, 0.15) is 23.4 Å². The van der Waals surface area contributed by atoms with Crippen LogP contribution in [0.4, 0.5) is 0 Å². The van der Waals surface area contributed by atoms with Gasteiger partial charge in [0.05, 0.1) is 12.1 Å². The van der Waals surface area contributed by atoms with Crippen LogP contribution in [0.2, 0.25) is 0 Å². The Morgan fingerprint density at radius 1 is 1.59 bits per heavy atom. The fourth-order valence-corrected chi connectivity index (χ4v) is 4.46. The zero-order valence-electron chi connectivity index (χ0n) is 9.81. The van der Waals surface area contributed by atoms with Gasteiger partial charge < -0.3 is 4.90 Å². The molecule has 1 saturated heterocycles. The number of fused-ring (bicyclic) bond motifs is 1. The zero-order chi connectivity index (χ0) is 11.8. The molecule has 0 aromatic carbocycles. The van der Waals surface area contributed by atoms with Crippen molar-refractivity contribution >= 4 is 29.0 Å². The van der Waals surface area contributed by atoms with Gasteiger partial charge in [-0.1, -0.05) is 0 Å². The molecule has 3 nitrogen and oxygen atoms in total. The Bertz CT molecular complexity index is 426. The minimum Gasteiger partial charge on any atom is -0.334 e. The minimum absolute atomic E-state index is 0.0302. The molecule has 1 aromatic rings. The van der Waals surface area contributed by atoms with Gasteiger partial charge >= 0.3 is 0 Å². The molecule has 92 valence electrons. The number of thioether (sulfide) groups is 1. The number of nitrogens with zero attached hydrogens (tertiary/aromatic N) is 1. The smallest absolute Gasteiger partial charge is 0.241 e. The van der Waals surface area contributed by atoms with E-state index >= 15 is 0 Å². The maximum atomic E-state index is 12.4. The molecule has 1 aromatic heterocycles. The van der Waals surface area contributed by atoms with Gasteiger partial charge in [-0.3, -0.25) is 10.1 Å². The van der Waals surface area contributed by atoms with E-state index in [2.05, 4.69) is 23.7 Å². The first-order valence-electron chi connectivity index (χ1n) is 5.95. The molecule has 0 saturated carbocycles. The average molecular weight is 268 g/mol. The number of carbonyl (C=O) groups excluding carboxylic acids is 1. The standard InChI is InChI=1S/C12H16N2OS2/c1-8-9-3-5-17-11(9)2-4-14(8)12(15)10-6-16-7-13-10/h3,5,8,10,13H,2,4,6-7H2,1H3. The lowest BCUT2D eigenvalue weighted by Crippen LogP contribution is -2.48. The Morgan fingerprint density at radius 3 is 3.24 bits per heavy atom. The summed E-state index contributed by atoms with van der Waals surface area (Å²) in [6.07, 6.45) is 1.02. The largest absolute Gasteiger partial charge is 0.334 e. The highest BCUT2D eigenvalue weighted by atomic mass is 32.2. The second kappa shape index (κ2) is 4.63. The van der Waals surface area contributed by atoms with E-state index in [0.29, 0.717) is 0 Å². The summed E-state index contributed by atoms with van der Waals surface area (Å²) in [6.45, 7) is 3.01. The molecule has 3 rings (SSSR count). The number of amides is 1. The zero-order valence-corrected chi connectivity index (χ0v) is 11.4. The number of rotatable bonds is 1. The summed E-state index contributed by atoms with van der Waals surface area (Å²) in [5, 5.41) is 5.40. The first kappa shape index (κ1) is 11.6. The highest BCUT2D eigenvalue weighted by Crippen LogP contribution is 2.33. The summed E-state index contributed by atoms with van der Waals surface area (Å²) in [7, 11) is 0. The van der Waals surface area contributed by atoms with Crippen molar-refractivity contribution in [1.29, 1.82) is 0 Å². The summed E-state index contributed by atoms with van der Waals surface area (Å²) in [5.74, 6) is 2.10. The van der Waals surface area contributed by atoms with Crippen molar-refractivity contribution < 1.29 is 4.79 Å². The minimum atomic E-state index is 0.0302. The van der Waals surface area contributed by atoms with Gasteiger partial charge in [0.15, 0.2) is 0 Å². The molecule has 5 heteroatoms. The summed E-state index contributed by atoms with van der Waals surface area (Å²) in [5.41, 5.74) is 1.35. The Morgan fingerprint density at radius 2 is 2.47 bits per heavy atom. The summed E-state index contributed by atoms with van der Waals surface area (Å²) in [4.78, 5) is 15.9. The summed E-state index contributed by atoms with van der Waals surface area (Å²) in [6, 6.07) is 2.44. The second-order valence-electron chi connectivity index (χ2n) is 4.53. The van der Waals surface area contributed by atoms with Gasteiger partial charge in [-0.25, -0.2) is 0 Å². The quantitative estimate of drug-likeness (QED) is 0.844. The molecular weight excluding hydrogens is 252 g/mol. The second-order valence-corrected chi connectivity index (χ2v) is 6.56. The highest BCUT2D eigenvalue weighted by Gasteiger charge is 2.33. The molecule has 2 aliphatic rings. The van der Waals surface area contributed by atoms with Crippen LogP contribution in [0, 0.1) is 0 Å². The molecule has 2 aliphatic heterocycles. The van der Waals surface area contributed by atoms with Gasteiger partial charge in [0, 0.05) is 23.1 Å². The maximum Gasteiger partial charge on any atom is 0.241 e. The highest BCUT2D eigenvalue weighted by molar-refractivity contribution is 7.99. The fourth-order valence-electron chi connectivity index (χ4n) is 2.56. The number of hydrogen-bond acceptors (Lipinski definition) is 4. The van der Waals surface area contributed by atoms with Crippen LogP contribution in [0.25, 0.3) is 0 Å². The molecule has 0 aliphatic carbocycles. The van der Waals surface area contributed by atoms with E-state index in [0.717, 1.165) is 24.6 Å². The van der Waals surface area contributed by atoms with E-state index in [1.165, 1.54) is 10.4 Å². The molecule has 0 bridgehead atoms. The van der Waals surface area contributed by atoms with E-state index in [4.69, 9.17) is 0 Å². The first-order chi connectivity index (χ1) is 8.27. The fraction of sp³-hybridized carbons (Fsp3) is 0.583. The van der Waals surface area contributed by atoms with Gasteiger partial charge in [0.2, 0.25) is 5.91 Å². The average Bonchev–Trinajstić information content (AvgIpc) is 3.00. The van der Waals surface area contributed by atoms with Gasteiger partial charge in [0.1, 0.15) is 0 Å². The lowest BCUT2D eigenvalue weighted by atomic mass is 10.0. The number of carbonyl (C=O) groups is 1. The molecule has 17 heavy (non-hydrogen) atoms. The van der Waals surface area contributed by atoms with Crippen LogP contribution < -0.4 is 5.32 Å². The van der Waals surface area contributed by atoms with Gasteiger partial charge in [-0.05, 0) is 30.4 Å². The van der Waals surface area contributed by atoms with Crippen LogP contribution in [0.5, 0.6) is 0 Å². The van der Waals surface area contributed by atoms with Crippen molar-refractivity contribution in [3.63, 3.8) is 0 Å². The molecule has 1 N–H and O–H groups in total. The summed E-state index contributed by atoms with van der Waals surface area (Å²) < 4.78 is 0. The Kier molecular flexibility index (Phi) is 3.15. The molecule has 3 heterocycles. The van der Waals surface area contributed by atoms with E-state index in [1.807, 2.05) is 16.2 Å². The van der Waals surface area contributed by atoms with Crippen LogP contribution in [0.3, 0.4) is 0 Å². The number of nitrogens with one attached hydrogen (secondary N) is 1. The van der Waals surface area contributed by atoms with Gasteiger partial charge in [0.25, 0.3) is 0 Å². The third-order valence-electron chi connectivity index (χ3n) is 3.57.